The molecule has 21 heavy (non-hydrogen) atoms. The number of nitrogen functional groups attached to an aromatic ring is 1. The summed E-state index contributed by atoms with van der Waals surface area (Å²) in [4.78, 5) is 25.6. The minimum atomic E-state index is 0.278. The Balaban J connectivity index is 2.15. The molecule has 0 bridgehead atoms. The third-order valence-corrected chi connectivity index (χ3v) is 4.15. The van der Waals surface area contributed by atoms with Crippen molar-refractivity contribution in [3.05, 3.63) is 34.8 Å². The molecule has 5 nitrogen and oxygen atoms in total. The third-order valence-electron chi connectivity index (χ3n) is 3.11. The summed E-state index contributed by atoms with van der Waals surface area (Å²) in [5, 5.41) is 0. The predicted molar refractivity (Wildman–Crippen MR) is 84.4 cm³/mol. The summed E-state index contributed by atoms with van der Waals surface area (Å²) in [6, 6.07) is 7.49. The predicted octanol–water partition coefficient (Wildman–Crippen LogP) is 3.10. The van der Waals surface area contributed by atoms with Crippen LogP contribution in [0.1, 0.15) is 28.7 Å². The first-order valence-corrected chi connectivity index (χ1v) is 7.51. The second-order valence-electron chi connectivity index (χ2n) is 4.66. The fourth-order valence-electron chi connectivity index (χ4n) is 2.20. The minimum Gasteiger partial charge on any atom is -0.368 e. The van der Waals surface area contributed by atoms with Crippen molar-refractivity contribution in [1.82, 2.24) is 15.0 Å². The molecule has 3 rings (SSSR count). The summed E-state index contributed by atoms with van der Waals surface area (Å²) in [5.41, 5.74) is 8.97. The molecule has 0 fully saturated rings. The maximum absolute atomic E-state index is 10.8. The zero-order chi connectivity index (χ0) is 14.8. The van der Waals surface area contributed by atoms with Crippen LogP contribution in [0.2, 0.25) is 0 Å². The van der Waals surface area contributed by atoms with Gasteiger partial charge >= 0.3 is 0 Å². The van der Waals surface area contributed by atoms with Gasteiger partial charge in [-0.25, -0.2) is 15.0 Å². The van der Waals surface area contributed by atoms with E-state index in [4.69, 9.17) is 5.73 Å². The lowest BCUT2D eigenvalue weighted by molar-refractivity contribution is 0.112. The number of anilines is 1. The fraction of sp³-hybridized carbons (Fsp3) is 0.200. The summed E-state index contributed by atoms with van der Waals surface area (Å²) in [6.07, 6.45) is 2.62. The van der Waals surface area contributed by atoms with E-state index in [2.05, 4.69) is 21.9 Å². The van der Waals surface area contributed by atoms with Crippen LogP contribution >= 0.6 is 11.3 Å². The lowest BCUT2D eigenvalue weighted by Crippen LogP contribution is -2.02. The van der Waals surface area contributed by atoms with Gasteiger partial charge < -0.3 is 5.73 Å². The average Bonchev–Trinajstić information content (AvgIpc) is 2.96. The van der Waals surface area contributed by atoms with Crippen molar-refractivity contribution >= 4 is 34.6 Å². The molecule has 0 amide bonds. The average molecular weight is 298 g/mol. The second kappa shape index (κ2) is 5.57. The summed E-state index contributed by atoms with van der Waals surface area (Å²) in [7, 11) is 0. The zero-order valence-corrected chi connectivity index (χ0v) is 12.4. The number of rotatable bonds is 4. The first-order valence-electron chi connectivity index (χ1n) is 6.69. The maximum atomic E-state index is 10.8. The Kier molecular flexibility index (Phi) is 3.62. The number of hydrogen-bond donors (Lipinski definition) is 1. The third kappa shape index (κ3) is 2.62. The highest BCUT2D eigenvalue weighted by Crippen LogP contribution is 2.28. The van der Waals surface area contributed by atoms with Gasteiger partial charge in [0.25, 0.3) is 0 Å². The van der Waals surface area contributed by atoms with Gasteiger partial charge in [-0.3, -0.25) is 4.79 Å². The van der Waals surface area contributed by atoms with E-state index in [-0.39, 0.29) is 5.95 Å². The van der Waals surface area contributed by atoms with E-state index in [1.165, 1.54) is 11.3 Å². The number of fused-ring (bicyclic) bond motifs is 1. The highest BCUT2D eigenvalue weighted by atomic mass is 32.1. The molecular formula is C15H14N4OS. The van der Waals surface area contributed by atoms with Crippen LogP contribution in [0.4, 0.5) is 5.95 Å². The molecule has 0 aromatic carbocycles. The van der Waals surface area contributed by atoms with Crippen molar-refractivity contribution in [3.63, 3.8) is 0 Å². The van der Waals surface area contributed by atoms with Crippen molar-refractivity contribution < 1.29 is 4.79 Å². The van der Waals surface area contributed by atoms with Crippen molar-refractivity contribution in [2.75, 3.05) is 5.73 Å². The second-order valence-corrected chi connectivity index (χ2v) is 5.78. The molecule has 3 aromatic rings. The van der Waals surface area contributed by atoms with E-state index in [1.54, 1.807) is 6.07 Å². The van der Waals surface area contributed by atoms with Crippen LogP contribution in [0.5, 0.6) is 0 Å². The van der Waals surface area contributed by atoms with Gasteiger partial charge in [0.05, 0.1) is 26.7 Å². The lowest BCUT2D eigenvalue weighted by atomic mass is 10.2. The Morgan fingerprint density at radius 2 is 2.05 bits per heavy atom. The molecule has 6 heteroatoms. The van der Waals surface area contributed by atoms with E-state index < -0.39 is 0 Å². The topological polar surface area (TPSA) is 81.8 Å². The number of hydrogen-bond acceptors (Lipinski definition) is 6. The first-order chi connectivity index (χ1) is 10.2. The molecule has 0 atom stereocenters. The Morgan fingerprint density at radius 3 is 2.76 bits per heavy atom. The van der Waals surface area contributed by atoms with Gasteiger partial charge in [-0.1, -0.05) is 13.3 Å². The van der Waals surface area contributed by atoms with Crippen LogP contribution < -0.4 is 5.73 Å². The number of nitrogens with two attached hydrogens (primary N) is 1. The van der Waals surface area contributed by atoms with Crippen LogP contribution in [-0.2, 0) is 6.42 Å². The van der Waals surface area contributed by atoms with Gasteiger partial charge in [0.1, 0.15) is 5.52 Å². The van der Waals surface area contributed by atoms with E-state index in [9.17, 15) is 4.79 Å². The van der Waals surface area contributed by atoms with Gasteiger partial charge in [-0.15, -0.1) is 11.3 Å². The molecule has 0 spiro atoms. The standard InChI is InChI=1S/C15H14N4OS/c1-2-3-11-14-12(19-15(16)18-11)6-5-10(17-14)13-7-4-9(8-20)21-13/h4-8H,2-3H2,1H3,(H2,16,18,19). The molecule has 0 unspecified atom stereocenters. The van der Waals surface area contributed by atoms with Crippen LogP contribution in [0.25, 0.3) is 21.6 Å². The first kappa shape index (κ1) is 13.6. The Bertz CT molecular complexity index is 813. The Morgan fingerprint density at radius 1 is 1.19 bits per heavy atom. The monoisotopic (exact) mass is 298 g/mol. The molecule has 0 aliphatic heterocycles. The maximum Gasteiger partial charge on any atom is 0.220 e. The summed E-state index contributed by atoms with van der Waals surface area (Å²) in [5.74, 6) is 0.278. The molecule has 0 aliphatic carbocycles. The molecule has 3 aromatic heterocycles. The number of pyridine rings is 1. The molecule has 2 N–H and O–H groups in total. The number of carbonyl (C=O) groups is 1. The summed E-state index contributed by atoms with van der Waals surface area (Å²) < 4.78 is 0. The van der Waals surface area contributed by atoms with Crippen molar-refractivity contribution in [2.45, 2.75) is 19.8 Å². The molecule has 106 valence electrons. The van der Waals surface area contributed by atoms with Crippen molar-refractivity contribution in [1.29, 1.82) is 0 Å². The Labute approximate surface area is 125 Å². The number of nitrogens with zero attached hydrogens (tertiary/aromatic N) is 3. The van der Waals surface area contributed by atoms with E-state index in [0.29, 0.717) is 4.88 Å². The van der Waals surface area contributed by atoms with Crippen LogP contribution in [0.15, 0.2) is 24.3 Å². The van der Waals surface area contributed by atoms with Gasteiger partial charge in [0.15, 0.2) is 6.29 Å². The molecule has 3 heterocycles. The molecule has 0 saturated carbocycles. The van der Waals surface area contributed by atoms with E-state index >= 15 is 0 Å². The smallest absolute Gasteiger partial charge is 0.220 e. The van der Waals surface area contributed by atoms with Crippen LogP contribution in [0, 0.1) is 0 Å². The summed E-state index contributed by atoms with van der Waals surface area (Å²) in [6.45, 7) is 2.09. The number of carbonyl (C=O) groups excluding carboxylic acids is 1. The lowest BCUT2D eigenvalue weighted by Gasteiger charge is -2.06. The molecule has 0 saturated heterocycles. The number of aldehydes is 1. The summed E-state index contributed by atoms with van der Waals surface area (Å²) >= 11 is 1.42. The largest absolute Gasteiger partial charge is 0.368 e. The van der Waals surface area contributed by atoms with Gasteiger partial charge in [-0.2, -0.15) is 0 Å². The molecular weight excluding hydrogens is 284 g/mol. The van der Waals surface area contributed by atoms with Gasteiger partial charge in [-0.05, 0) is 30.7 Å². The van der Waals surface area contributed by atoms with Crippen LogP contribution in [-0.4, -0.2) is 21.2 Å². The number of aromatic nitrogens is 3. The van der Waals surface area contributed by atoms with Gasteiger partial charge in [0.2, 0.25) is 5.95 Å². The van der Waals surface area contributed by atoms with Gasteiger partial charge in [0, 0.05) is 0 Å². The van der Waals surface area contributed by atoms with Crippen molar-refractivity contribution in [2.24, 2.45) is 0 Å². The van der Waals surface area contributed by atoms with Crippen LogP contribution in [0.3, 0.4) is 0 Å². The molecule has 0 radical (unpaired) electrons. The van der Waals surface area contributed by atoms with Crippen molar-refractivity contribution in [3.8, 4) is 10.6 Å². The minimum absolute atomic E-state index is 0.278. The fourth-order valence-corrected chi connectivity index (χ4v) is 2.99. The SMILES string of the molecule is CCCc1nc(N)nc2ccc(-c3ccc(C=O)s3)nc12. The molecule has 0 aliphatic rings. The van der Waals surface area contributed by atoms with E-state index in [1.807, 2.05) is 18.2 Å². The quantitative estimate of drug-likeness (QED) is 0.748. The highest BCUT2D eigenvalue weighted by molar-refractivity contribution is 7.17. The number of thiophene rings is 1. The van der Waals surface area contributed by atoms with E-state index in [0.717, 1.165) is 46.4 Å². The number of aryl methyl sites for hydroxylation is 1. The zero-order valence-electron chi connectivity index (χ0n) is 11.5. The Hall–Kier alpha value is -2.34. The highest BCUT2D eigenvalue weighted by Gasteiger charge is 2.10. The normalized spacial score (nSPS) is 10.9.